The summed E-state index contributed by atoms with van der Waals surface area (Å²) in [5.41, 5.74) is 1.41. The summed E-state index contributed by atoms with van der Waals surface area (Å²) in [6, 6.07) is 5.36. The van der Waals surface area contributed by atoms with Crippen molar-refractivity contribution in [3.05, 3.63) is 35.7 Å². The molecule has 0 spiro atoms. The summed E-state index contributed by atoms with van der Waals surface area (Å²) in [5, 5.41) is 13.0. The van der Waals surface area contributed by atoms with Crippen LogP contribution >= 0.6 is 0 Å². The Balaban J connectivity index is 2.65. The number of fused-ring (bicyclic) bond motifs is 1. The van der Waals surface area contributed by atoms with Crippen LogP contribution in [0.2, 0.25) is 0 Å². The molecular weight excluding hydrogens is 232 g/mol. The number of ketones is 1. The van der Waals surface area contributed by atoms with Crippen LogP contribution in [0.15, 0.2) is 24.4 Å². The third kappa shape index (κ3) is 2.11. The fourth-order valence-electron chi connectivity index (χ4n) is 1.87. The van der Waals surface area contributed by atoms with Crippen molar-refractivity contribution in [1.82, 2.24) is 9.61 Å². The van der Waals surface area contributed by atoms with Crippen molar-refractivity contribution >= 4 is 17.3 Å². The predicted octanol–water partition coefficient (Wildman–Crippen LogP) is 1.80. The minimum atomic E-state index is -0.990. The van der Waals surface area contributed by atoms with Crippen molar-refractivity contribution in [3.63, 3.8) is 0 Å². The quantitative estimate of drug-likeness (QED) is 0.835. The third-order valence-corrected chi connectivity index (χ3v) is 2.70. The smallest absolute Gasteiger partial charge is 0.309 e. The highest BCUT2D eigenvalue weighted by Gasteiger charge is 2.22. The Morgan fingerprint density at radius 1 is 1.39 bits per heavy atom. The number of hydrogen-bond donors (Lipinski definition) is 1. The fraction of sp³-hybridized carbons (Fsp3) is 0.308. The maximum Gasteiger partial charge on any atom is 0.309 e. The van der Waals surface area contributed by atoms with Gasteiger partial charge in [-0.25, -0.2) is 4.52 Å². The van der Waals surface area contributed by atoms with E-state index >= 15 is 0 Å². The highest BCUT2D eigenvalue weighted by molar-refractivity contribution is 6.05. The van der Waals surface area contributed by atoms with E-state index in [9.17, 15) is 9.59 Å². The van der Waals surface area contributed by atoms with E-state index in [2.05, 4.69) is 5.10 Å². The molecule has 18 heavy (non-hydrogen) atoms. The Morgan fingerprint density at radius 2 is 2.11 bits per heavy atom. The average molecular weight is 246 g/mol. The summed E-state index contributed by atoms with van der Waals surface area (Å²) in [7, 11) is 0. The number of carbonyl (C=O) groups excluding carboxylic acids is 1. The molecule has 0 bridgehead atoms. The summed E-state index contributed by atoms with van der Waals surface area (Å²) in [5.74, 6) is -1.26. The van der Waals surface area contributed by atoms with Crippen molar-refractivity contribution in [1.29, 1.82) is 0 Å². The van der Waals surface area contributed by atoms with Crippen LogP contribution in [0.25, 0.3) is 5.52 Å². The summed E-state index contributed by atoms with van der Waals surface area (Å²) in [6.07, 6.45) is 1.47. The number of aromatic nitrogens is 2. The van der Waals surface area contributed by atoms with Crippen LogP contribution in [-0.2, 0) is 11.2 Å². The zero-order valence-electron chi connectivity index (χ0n) is 10.3. The maximum absolute atomic E-state index is 12.2. The van der Waals surface area contributed by atoms with E-state index in [1.54, 1.807) is 42.8 Å². The first kappa shape index (κ1) is 12.3. The second kappa shape index (κ2) is 4.60. The third-order valence-electron chi connectivity index (χ3n) is 2.70. The first-order valence-electron chi connectivity index (χ1n) is 5.73. The number of carboxylic acid groups (broad SMARTS) is 1. The van der Waals surface area contributed by atoms with Crippen molar-refractivity contribution < 1.29 is 14.7 Å². The van der Waals surface area contributed by atoms with Gasteiger partial charge in [0.05, 0.1) is 23.2 Å². The predicted molar refractivity (Wildman–Crippen MR) is 65.7 cm³/mol. The topological polar surface area (TPSA) is 71.7 Å². The molecule has 0 fully saturated rings. The Bertz CT molecular complexity index is 614. The van der Waals surface area contributed by atoms with Gasteiger partial charge in [0.25, 0.3) is 0 Å². The summed E-state index contributed by atoms with van der Waals surface area (Å²) < 4.78 is 1.55. The molecule has 0 aliphatic carbocycles. The molecule has 94 valence electrons. The first-order chi connectivity index (χ1) is 8.50. The van der Waals surface area contributed by atoms with E-state index in [1.165, 1.54) is 0 Å². The minimum Gasteiger partial charge on any atom is -0.481 e. The van der Waals surface area contributed by atoms with E-state index < -0.39 is 5.97 Å². The Hall–Kier alpha value is -2.17. The number of nitrogens with zero attached hydrogens (tertiary/aromatic N) is 2. The number of Topliss-reactive ketones (excluding diaryl/α,β-unsaturated/α-hetero) is 1. The molecule has 5 heteroatoms. The van der Waals surface area contributed by atoms with Crippen molar-refractivity contribution in [2.75, 3.05) is 0 Å². The molecular formula is C13H14N2O3. The normalized spacial score (nSPS) is 11.1. The minimum absolute atomic E-state index is 0.0764. The van der Waals surface area contributed by atoms with Gasteiger partial charge in [0.1, 0.15) is 0 Å². The standard InChI is InChI=1S/C13H14N2O3/c1-8(2)13(18)12-9(7-11(16)17)14-15-6-4-3-5-10(12)15/h3-6,8H,7H2,1-2H3,(H,16,17). The van der Waals surface area contributed by atoms with Crippen LogP contribution in [-0.4, -0.2) is 26.5 Å². The van der Waals surface area contributed by atoms with Gasteiger partial charge in [-0.3, -0.25) is 9.59 Å². The summed E-state index contributed by atoms with van der Waals surface area (Å²) >= 11 is 0. The zero-order chi connectivity index (χ0) is 13.3. The molecule has 2 rings (SSSR count). The second-order valence-electron chi connectivity index (χ2n) is 4.44. The summed E-state index contributed by atoms with van der Waals surface area (Å²) in [4.78, 5) is 23.0. The molecule has 0 unspecified atom stereocenters. The largest absolute Gasteiger partial charge is 0.481 e. The Morgan fingerprint density at radius 3 is 2.72 bits per heavy atom. The molecule has 0 aliphatic rings. The molecule has 0 aliphatic heterocycles. The average Bonchev–Trinajstić information content (AvgIpc) is 2.64. The van der Waals surface area contributed by atoms with Crippen LogP contribution < -0.4 is 0 Å². The van der Waals surface area contributed by atoms with E-state index in [0.29, 0.717) is 16.8 Å². The van der Waals surface area contributed by atoms with Gasteiger partial charge in [-0.05, 0) is 12.1 Å². The molecule has 0 saturated heterocycles. The van der Waals surface area contributed by atoms with Gasteiger partial charge in [0, 0.05) is 12.1 Å². The highest BCUT2D eigenvalue weighted by Crippen LogP contribution is 2.20. The molecule has 2 aromatic rings. The van der Waals surface area contributed by atoms with E-state index in [0.717, 1.165) is 0 Å². The summed E-state index contributed by atoms with van der Waals surface area (Å²) in [6.45, 7) is 3.58. The Labute approximate surface area is 104 Å². The number of pyridine rings is 1. The van der Waals surface area contributed by atoms with Gasteiger partial charge in [0.2, 0.25) is 0 Å². The van der Waals surface area contributed by atoms with Crippen molar-refractivity contribution in [2.45, 2.75) is 20.3 Å². The molecule has 0 aromatic carbocycles. The molecule has 0 atom stereocenters. The molecule has 0 saturated carbocycles. The van der Waals surface area contributed by atoms with E-state index in [1.807, 2.05) is 0 Å². The van der Waals surface area contributed by atoms with Crippen molar-refractivity contribution in [2.24, 2.45) is 5.92 Å². The van der Waals surface area contributed by atoms with Gasteiger partial charge in [-0.2, -0.15) is 5.10 Å². The van der Waals surface area contributed by atoms with Crippen LogP contribution in [0.4, 0.5) is 0 Å². The molecule has 2 aromatic heterocycles. The van der Waals surface area contributed by atoms with Crippen LogP contribution in [0, 0.1) is 5.92 Å². The number of aliphatic carboxylic acids is 1. The Kier molecular flexibility index (Phi) is 3.14. The maximum atomic E-state index is 12.2. The zero-order valence-corrected chi connectivity index (χ0v) is 10.3. The van der Waals surface area contributed by atoms with Gasteiger partial charge >= 0.3 is 5.97 Å². The molecule has 1 N–H and O–H groups in total. The lowest BCUT2D eigenvalue weighted by Crippen LogP contribution is -2.12. The van der Waals surface area contributed by atoms with Gasteiger partial charge in [-0.1, -0.05) is 19.9 Å². The fourth-order valence-corrected chi connectivity index (χ4v) is 1.87. The lowest BCUT2D eigenvalue weighted by Gasteiger charge is -2.04. The highest BCUT2D eigenvalue weighted by atomic mass is 16.4. The van der Waals surface area contributed by atoms with Gasteiger partial charge < -0.3 is 5.11 Å². The van der Waals surface area contributed by atoms with E-state index in [4.69, 9.17) is 5.11 Å². The van der Waals surface area contributed by atoms with Crippen LogP contribution in [0.1, 0.15) is 29.9 Å². The number of rotatable bonds is 4. The first-order valence-corrected chi connectivity index (χ1v) is 5.73. The monoisotopic (exact) mass is 246 g/mol. The SMILES string of the molecule is CC(C)C(=O)c1c(CC(=O)O)nn2ccccc12. The number of carbonyl (C=O) groups is 2. The van der Waals surface area contributed by atoms with Crippen molar-refractivity contribution in [3.8, 4) is 0 Å². The number of hydrogen-bond acceptors (Lipinski definition) is 3. The van der Waals surface area contributed by atoms with Gasteiger partial charge in [-0.15, -0.1) is 0 Å². The van der Waals surface area contributed by atoms with Crippen LogP contribution in [0.3, 0.4) is 0 Å². The lowest BCUT2D eigenvalue weighted by atomic mass is 9.98. The second-order valence-corrected chi connectivity index (χ2v) is 4.44. The number of carboxylic acids is 1. The molecule has 0 radical (unpaired) electrons. The van der Waals surface area contributed by atoms with Crippen LogP contribution in [0.5, 0.6) is 0 Å². The van der Waals surface area contributed by atoms with Gasteiger partial charge in [0.15, 0.2) is 5.78 Å². The molecule has 2 heterocycles. The van der Waals surface area contributed by atoms with E-state index in [-0.39, 0.29) is 18.1 Å². The molecule has 5 nitrogen and oxygen atoms in total. The molecule has 0 amide bonds. The lowest BCUT2D eigenvalue weighted by molar-refractivity contribution is -0.136.